The van der Waals surface area contributed by atoms with Crippen molar-refractivity contribution in [3.05, 3.63) is 27.4 Å². The number of aromatic nitrogens is 2. The van der Waals surface area contributed by atoms with Crippen molar-refractivity contribution in [2.24, 2.45) is 5.92 Å². The number of ether oxygens (including phenoxy) is 1. The van der Waals surface area contributed by atoms with Gasteiger partial charge in [-0.3, -0.25) is 0 Å². The van der Waals surface area contributed by atoms with Crippen molar-refractivity contribution in [2.45, 2.75) is 26.8 Å². The lowest BCUT2D eigenvalue weighted by Crippen LogP contribution is -2.06. The van der Waals surface area contributed by atoms with E-state index in [4.69, 9.17) is 17.0 Å². The van der Waals surface area contributed by atoms with Gasteiger partial charge in [0.25, 0.3) is 0 Å². The number of hydrogen-bond acceptors (Lipinski definition) is 2. The fourth-order valence-electron chi connectivity index (χ4n) is 2.00. The van der Waals surface area contributed by atoms with E-state index in [-0.39, 0.29) is 0 Å². The Morgan fingerprint density at radius 2 is 2.21 bits per heavy atom. The number of nitrogens with one attached hydrogen (secondary N) is 1. The first-order valence-electron chi connectivity index (χ1n) is 6.53. The molecule has 2 aromatic rings. The van der Waals surface area contributed by atoms with Crippen molar-refractivity contribution in [2.75, 3.05) is 13.2 Å². The highest BCUT2D eigenvalue weighted by molar-refractivity contribution is 9.10. The summed E-state index contributed by atoms with van der Waals surface area (Å²) in [6, 6.07) is 6.17. The van der Waals surface area contributed by atoms with Gasteiger partial charge in [0.15, 0.2) is 4.77 Å². The Morgan fingerprint density at radius 1 is 1.42 bits per heavy atom. The average molecular weight is 343 g/mol. The van der Waals surface area contributed by atoms with Gasteiger partial charge in [-0.15, -0.1) is 0 Å². The van der Waals surface area contributed by atoms with Crippen LogP contribution in [-0.4, -0.2) is 22.8 Å². The van der Waals surface area contributed by atoms with Crippen molar-refractivity contribution >= 4 is 39.2 Å². The second-order valence-corrected chi connectivity index (χ2v) is 6.37. The molecule has 0 unspecified atom stereocenters. The number of aromatic amines is 1. The molecule has 0 aliphatic rings. The Balaban J connectivity index is 2.00. The van der Waals surface area contributed by atoms with Crippen LogP contribution in [0.1, 0.15) is 20.3 Å². The second-order valence-electron chi connectivity index (χ2n) is 5.07. The van der Waals surface area contributed by atoms with Crippen molar-refractivity contribution in [1.82, 2.24) is 9.55 Å². The molecule has 0 aliphatic carbocycles. The van der Waals surface area contributed by atoms with Crippen LogP contribution < -0.4 is 0 Å². The van der Waals surface area contributed by atoms with Crippen LogP contribution in [0.4, 0.5) is 0 Å². The molecule has 0 atom stereocenters. The minimum absolute atomic E-state index is 0.590. The van der Waals surface area contributed by atoms with Crippen LogP contribution in [0.25, 0.3) is 11.0 Å². The molecule has 0 saturated carbocycles. The summed E-state index contributed by atoms with van der Waals surface area (Å²) in [4.78, 5) is 3.23. The van der Waals surface area contributed by atoms with Crippen molar-refractivity contribution in [1.29, 1.82) is 0 Å². The number of hydrogen-bond donors (Lipinski definition) is 1. The SMILES string of the molecule is CC(C)COCCCn1c(=S)[nH]c2cc(Br)ccc21. The molecule has 1 heterocycles. The number of halogens is 1. The quantitative estimate of drug-likeness (QED) is 0.617. The summed E-state index contributed by atoms with van der Waals surface area (Å²) in [5, 5.41) is 0. The largest absolute Gasteiger partial charge is 0.381 e. The van der Waals surface area contributed by atoms with E-state index in [1.165, 1.54) is 0 Å². The first kappa shape index (κ1) is 14.8. The third-order valence-corrected chi connectivity index (χ3v) is 3.67. The molecule has 0 radical (unpaired) electrons. The number of imidazole rings is 1. The zero-order chi connectivity index (χ0) is 13.8. The first-order chi connectivity index (χ1) is 9.08. The Bertz CT molecular complexity index is 603. The molecule has 1 aromatic carbocycles. The van der Waals surface area contributed by atoms with Gasteiger partial charge >= 0.3 is 0 Å². The number of aryl methyl sites for hydroxylation is 1. The highest BCUT2D eigenvalue weighted by atomic mass is 79.9. The van der Waals surface area contributed by atoms with Gasteiger partial charge in [0, 0.05) is 24.2 Å². The molecule has 19 heavy (non-hydrogen) atoms. The van der Waals surface area contributed by atoms with E-state index in [9.17, 15) is 0 Å². The predicted molar refractivity (Wildman–Crippen MR) is 85.1 cm³/mol. The maximum atomic E-state index is 5.60. The third kappa shape index (κ3) is 3.91. The van der Waals surface area contributed by atoms with Gasteiger partial charge < -0.3 is 14.3 Å². The normalized spacial score (nSPS) is 11.6. The molecule has 3 nitrogen and oxygen atoms in total. The number of rotatable bonds is 6. The van der Waals surface area contributed by atoms with Crippen LogP contribution in [0, 0.1) is 10.7 Å². The van der Waals surface area contributed by atoms with E-state index < -0.39 is 0 Å². The topological polar surface area (TPSA) is 29.9 Å². The highest BCUT2D eigenvalue weighted by Gasteiger charge is 2.04. The van der Waals surface area contributed by atoms with Gasteiger partial charge in [0.1, 0.15) is 0 Å². The van der Waals surface area contributed by atoms with Crippen LogP contribution in [0.15, 0.2) is 22.7 Å². The minimum Gasteiger partial charge on any atom is -0.381 e. The highest BCUT2D eigenvalue weighted by Crippen LogP contribution is 2.19. The summed E-state index contributed by atoms with van der Waals surface area (Å²) >= 11 is 8.84. The second kappa shape index (κ2) is 6.68. The molecular weight excluding hydrogens is 324 g/mol. The van der Waals surface area contributed by atoms with Gasteiger partial charge in [-0.25, -0.2) is 0 Å². The molecule has 0 bridgehead atoms. The van der Waals surface area contributed by atoms with Crippen LogP contribution in [0.2, 0.25) is 0 Å². The van der Waals surface area contributed by atoms with E-state index in [0.717, 1.165) is 46.5 Å². The lowest BCUT2D eigenvalue weighted by Gasteiger charge is -2.07. The summed E-state index contributed by atoms with van der Waals surface area (Å²) in [5.41, 5.74) is 2.22. The minimum atomic E-state index is 0.590. The zero-order valence-corrected chi connectivity index (χ0v) is 13.7. The molecule has 1 aromatic heterocycles. The van der Waals surface area contributed by atoms with Crippen molar-refractivity contribution in [3.8, 4) is 0 Å². The van der Waals surface area contributed by atoms with Crippen molar-refractivity contribution in [3.63, 3.8) is 0 Å². The fraction of sp³-hybridized carbons (Fsp3) is 0.500. The lowest BCUT2D eigenvalue weighted by molar-refractivity contribution is 0.105. The number of benzene rings is 1. The number of fused-ring (bicyclic) bond motifs is 1. The summed E-state index contributed by atoms with van der Waals surface area (Å²) < 4.78 is 9.57. The van der Waals surface area contributed by atoms with E-state index >= 15 is 0 Å². The Hall–Kier alpha value is -0.650. The summed E-state index contributed by atoms with van der Waals surface area (Å²) in [5.74, 6) is 0.590. The zero-order valence-electron chi connectivity index (χ0n) is 11.3. The van der Waals surface area contributed by atoms with Crippen LogP contribution in [0.5, 0.6) is 0 Å². The molecule has 0 spiro atoms. The predicted octanol–water partition coefficient (Wildman–Crippen LogP) is 4.52. The van der Waals surface area contributed by atoms with Gasteiger partial charge in [-0.05, 0) is 42.8 Å². The molecule has 104 valence electrons. The van der Waals surface area contributed by atoms with Crippen LogP contribution in [0.3, 0.4) is 0 Å². The third-order valence-electron chi connectivity index (χ3n) is 2.86. The van der Waals surface area contributed by atoms with Gasteiger partial charge in [-0.2, -0.15) is 0 Å². The molecular formula is C14H19BrN2OS. The van der Waals surface area contributed by atoms with E-state index in [0.29, 0.717) is 5.92 Å². The van der Waals surface area contributed by atoms with Gasteiger partial charge in [0.2, 0.25) is 0 Å². The van der Waals surface area contributed by atoms with E-state index in [1.54, 1.807) is 0 Å². The first-order valence-corrected chi connectivity index (χ1v) is 7.74. The Morgan fingerprint density at radius 3 is 2.95 bits per heavy atom. The molecule has 1 N–H and O–H groups in total. The van der Waals surface area contributed by atoms with E-state index in [2.05, 4.69) is 51.5 Å². The molecule has 2 rings (SSSR count). The van der Waals surface area contributed by atoms with Crippen molar-refractivity contribution < 1.29 is 4.74 Å². The Kier molecular flexibility index (Phi) is 5.19. The fourth-order valence-corrected chi connectivity index (χ4v) is 2.66. The number of nitrogens with zero attached hydrogens (tertiary/aromatic N) is 1. The van der Waals surface area contributed by atoms with Gasteiger partial charge in [0.05, 0.1) is 11.0 Å². The lowest BCUT2D eigenvalue weighted by atomic mass is 10.2. The maximum Gasteiger partial charge on any atom is 0.178 e. The molecule has 0 fully saturated rings. The van der Waals surface area contributed by atoms with Crippen LogP contribution >= 0.6 is 28.1 Å². The molecule has 5 heteroatoms. The average Bonchev–Trinajstić information content (AvgIpc) is 2.64. The van der Waals surface area contributed by atoms with Crippen LogP contribution in [-0.2, 0) is 11.3 Å². The molecule has 0 aliphatic heterocycles. The summed E-state index contributed by atoms with van der Waals surface area (Å²) in [6.07, 6.45) is 0.976. The number of H-pyrrole nitrogens is 1. The molecule has 0 saturated heterocycles. The maximum absolute atomic E-state index is 5.60. The summed E-state index contributed by atoms with van der Waals surface area (Å²) in [6.45, 7) is 6.81. The standard InChI is InChI=1S/C14H19BrN2OS/c1-10(2)9-18-7-3-6-17-13-5-4-11(15)8-12(13)16-14(17)19/h4-5,8,10H,3,6-7,9H2,1-2H3,(H,16,19). The smallest absolute Gasteiger partial charge is 0.178 e. The Labute approximate surface area is 127 Å². The monoisotopic (exact) mass is 342 g/mol. The summed E-state index contributed by atoms with van der Waals surface area (Å²) in [7, 11) is 0. The van der Waals surface area contributed by atoms with E-state index in [1.807, 2.05) is 6.07 Å². The van der Waals surface area contributed by atoms with Gasteiger partial charge in [-0.1, -0.05) is 29.8 Å². The molecule has 0 amide bonds.